The van der Waals surface area contributed by atoms with Crippen LogP contribution in [0, 0.1) is 29.8 Å². The first-order chi connectivity index (χ1) is 12.8. The first kappa shape index (κ1) is 18.8. The topological polar surface area (TPSA) is 75.5 Å². The van der Waals surface area contributed by atoms with Gasteiger partial charge in [-0.15, -0.1) is 0 Å². The molecule has 2 aromatic rings. The van der Waals surface area contributed by atoms with Gasteiger partial charge in [0.1, 0.15) is 5.82 Å². The first-order valence-corrected chi connectivity index (χ1v) is 8.92. The van der Waals surface area contributed by atoms with Crippen molar-refractivity contribution in [3.63, 3.8) is 0 Å². The van der Waals surface area contributed by atoms with Crippen molar-refractivity contribution in [1.29, 1.82) is 0 Å². The SMILES string of the molecule is Cc1ccc(F)c(N2CCC(NC(=O)c3ccc([N+](=O)[O-])cc3C)CC2)c1. The summed E-state index contributed by atoms with van der Waals surface area (Å²) in [5, 5.41) is 13.8. The Kier molecular flexibility index (Phi) is 5.39. The van der Waals surface area contributed by atoms with Crippen LogP contribution in [0.5, 0.6) is 0 Å². The molecule has 0 unspecified atom stereocenters. The summed E-state index contributed by atoms with van der Waals surface area (Å²) in [5.41, 5.74) is 2.59. The van der Waals surface area contributed by atoms with Crippen LogP contribution in [-0.4, -0.2) is 30.0 Å². The summed E-state index contributed by atoms with van der Waals surface area (Å²) in [4.78, 5) is 24.9. The number of benzene rings is 2. The molecule has 2 aromatic carbocycles. The Morgan fingerprint density at radius 3 is 2.52 bits per heavy atom. The number of carbonyl (C=O) groups excluding carboxylic acids is 1. The van der Waals surface area contributed by atoms with E-state index in [0.717, 1.165) is 5.56 Å². The lowest BCUT2D eigenvalue weighted by atomic mass is 10.0. The van der Waals surface area contributed by atoms with Crippen LogP contribution in [0.1, 0.15) is 34.3 Å². The zero-order valence-corrected chi connectivity index (χ0v) is 15.4. The van der Waals surface area contributed by atoms with E-state index in [1.165, 1.54) is 24.3 Å². The maximum atomic E-state index is 14.1. The molecule has 1 heterocycles. The Balaban J connectivity index is 1.61. The minimum atomic E-state index is -0.477. The molecule has 0 radical (unpaired) electrons. The van der Waals surface area contributed by atoms with Crippen LogP contribution in [0.4, 0.5) is 15.8 Å². The highest BCUT2D eigenvalue weighted by Gasteiger charge is 2.24. The van der Waals surface area contributed by atoms with E-state index >= 15 is 0 Å². The zero-order valence-electron chi connectivity index (χ0n) is 15.4. The van der Waals surface area contributed by atoms with Crippen LogP contribution in [-0.2, 0) is 0 Å². The van der Waals surface area contributed by atoms with Crippen LogP contribution in [0.3, 0.4) is 0 Å². The van der Waals surface area contributed by atoms with Gasteiger partial charge in [0.15, 0.2) is 0 Å². The van der Waals surface area contributed by atoms with Crippen LogP contribution in [0.15, 0.2) is 36.4 Å². The molecule has 1 fully saturated rings. The van der Waals surface area contributed by atoms with Crippen LogP contribution in [0.2, 0.25) is 0 Å². The Morgan fingerprint density at radius 1 is 1.19 bits per heavy atom. The van der Waals surface area contributed by atoms with E-state index in [-0.39, 0.29) is 23.5 Å². The minimum absolute atomic E-state index is 0.00351. The number of non-ortho nitro benzene ring substituents is 1. The Morgan fingerprint density at radius 2 is 1.89 bits per heavy atom. The first-order valence-electron chi connectivity index (χ1n) is 8.92. The van der Waals surface area contributed by atoms with Gasteiger partial charge in [0.2, 0.25) is 0 Å². The number of amides is 1. The second kappa shape index (κ2) is 7.73. The fraction of sp³-hybridized carbons (Fsp3) is 0.350. The minimum Gasteiger partial charge on any atom is -0.369 e. The number of halogens is 1. The van der Waals surface area contributed by atoms with Crippen molar-refractivity contribution in [2.45, 2.75) is 32.7 Å². The van der Waals surface area contributed by atoms with Crippen molar-refractivity contribution < 1.29 is 14.1 Å². The predicted octanol–water partition coefficient (Wildman–Crippen LogP) is 3.75. The number of nitrogens with one attached hydrogen (secondary N) is 1. The summed E-state index contributed by atoms with van der Waals surface area (Å²) in [5.74, 6) is -0.466. The molecule has 0 saturated carbocycles. The van der Waals surface area contributed by atoms with Crippen molar-refractivity contribution in [1.82, 2.24) is 5.32 Å². The van der Waals surface area contributed by atoms with Gasteiger partial charge in [0.05, 0.1) is 10.6 Å². The third-order valence-electron chi connectivity index (χ3n) is 4.94. The number of rotatable bonds is 4. The summed E-state index contributed by atoms with van der Waals surface area (Å²) >= 11 is 0. The molecule has 1 N–H and O–H groups in total. The number of hydrogen-bond donors (Lipinski definition) is 1. The lowest BCUT2D eigenvalue weighted by Gasteiger charge is -2.34. The van der Waals surface area contributed by atoms with Gasteiger partial charge in [-0.3, -0.25) is 14.9 Å². The second-order valence-electron chi connectivity index (χ2n) is 6.95. The molecule has 1 amide bonds. The van der Waals surface area contributed by atoms with Gasteiger partial charge in [-0.25, -0.2) is 4.39 Å². The molecule has 1 aliphatic rings. The normalized spacial score (nSPS) is 14.9. The van der Waals surface area contributed by atoms with Crippen molar-refractivity contribution in [3.05, 3.63) is 69.0 Å². The largest absolute Gasteiger partial charge is 0.369 e. The van der Waals surface area contributed by atoms with E-state index < -0.39 is 4.92 Å². The maximum Gasteiger partial charge on any atom is 0.269 e. The molecule has 7 heteroatoms. The molecular formula is C20H22FN3O3. The highest BCUT2D eigenvalue weighted by Crippen LogP contribution is 2.25. The molecule has 0 bridgehead atoms. The molecule has 6 nitrogen and oxygen atoms in total. The molecule has 0 spiro atoms. The molecular weight excluding hydrogens is 349 g/mol. The molecule has 3 rings (SSSR count). The van der Waals surface area contributed by atoms with Crippen molar-refractivity contribution in [2.24, 2.45) is 0 Å². The standard InChI is InChI=1S/C20H22FN3O3/c1-13-3-6-18(21)19(11-13)23-9-7-15(8-10-23)22-20(25)17-5-4-16(24(26)27)12-14(17)2/h3-6,11-12,15H,7-10H2,1-2H3,(H,22,25). The van der Waals surface area contributed by atoms with Crippen LogP contribution >= 0.6 is 0 Å². The van der Waals surface area contributed by atoms with E-state index in [2.05, 4.69) is 5.32 Å². The molecule has 142 valence electrons. The summed E-state index contributed by atoms with van der Waals surface area (Å²) < 4.78 is 14.1. The lowest BCUT2D eigenvalue weighted by molar-refractivity contribution is -0.384. The zero-order chi connectivity index (χ0) is 19.6. The van der Waals surface area contributed by atoms with E-state index in [1.807, 2.05) is 17.9 Å². The Bertz CT molecular complexity index is 877. The fourth-order valence-corrected chi connectivity index (χ4v) is 3.41. The van der Waals surface area contributed by atoms with Crippen LogP contribution < -0.4 is 10.2 Å². The Labute approximate surface area is 157 Å². The van der Waals surface area contributed by atoms with Gasteiger partial charge in [0.25, 0.3) is 11.6 Å². The number of hydrogen-bond acceptors (Lipinski definition) is 4. The number of anilines is 1. The van der Waals surface area contributed by atoms with E-state index in [9.17, 15) is 19.3 Å². The third kappa shape index (κ3) is 4.24. The van der Waals surface area contributed by atoms with Gasteiger partial charge in [-0.05, 0) is 56.0 Å². The number of piperidine rings is 1. The molecule has 27 heavy (non-hydrogen) atoms. The third-order valence-corrected chi connectivity index (χ3v) is 4.94. The average Bonchev–Trinajstić information content (AvgIpc) is 2.64. The summed E-state index contributed by atoms with van der Waals surface area (Å²) in [6.45, 7) is 4.93. The predicted molar refractivity (Wildman–Crippen MR) is 102 cm³/mol. The number of nitro groups is 1. The Hall–Kier alpha value is -2.96. The van der Waals surface area contributed by atoms with E-state index in [0.29, 0.717) is 42.7 Å². The highest BCUT2D eigenvalue weighted by atomic mass is 19.1. The molecule has 1 aliphatic heterocycles. The summed E-state index contributed by atoms with van der Waals surface area (Å²) in [7, 11) is 0. The monoisotopic (exact) mass is 371 g/mol. The number of nitrogens with zero attached hydrogens (tertiary/aromatic N) is 2. The smallest absolute Gasteiger partial charge is 0.269 e. The average molecular weight is 371 g/mol. The van der Waals surface area contributed by atoms with Gasteiger partial charge < -0.3 is 10.2 Å². The van der Waals surface area contributed by atoms with Gasteiger partial charge >= 0.3 is 0 Å². The van der Waals surface area contributed by atoms with Gasteiger partial charge in [0, 0.05) is 36.8 Å². The fourth-order valence-electron chi connectivity index (χ4n) is 3.41. The molecule has 0 aliphatic carbocycles. The molecule has 0 atom stereocenters. The molecule has 0 aromatic heterocycles. The summed E-state index contributed by atoms with van der Waals surface area (Å²) in [6.07, 6.45) is 1.43. The summed E-state index contributed by atoms with van der Waals surface area (Å²) in [6, 6.07) is 9.29. The van der Waals surface area contributed by atoms with Crippen molar-refractivity contribution in [2.75, 3.05) is 18.0 Å². The van der Waals surface area contributed by atoms with Crippen LogP contribution in [0.25, 0.3) is 0 Å². The second-order valence-corrected chi connectivity index (χ2v) is 6.95. The van der Waals surface area contributed by atoms with E-state index in [4.69, 9.17) is 0 Å². The maximum absolute atomic E-state index is 14.1. The highest BCUT2D eigenvalue weighted by molar-refractivity contribution is 5.96. The van der Waals surface area contributed by atoms with Gasteiger partial charge in [-0.2, -0.15) is 0 Å². The van der Waals surface area contributed by atoms with E-state index in [1.54, 1.807) is 13.0 Å². The van der Waals surface area contributed by atoms with Crippen molar-refractivity contribution in [3.8, 4) is 0 Å². The number of aryl methyl sites for hydroxylation is 2. The van der Waals surface area contributed by atoms with Crippen molar-refractivity contribution >= 4 is 17.3 Å². The quantitative estimate of drug-likeness (QED) is 0.656. The molecule has 1 saturated heterocycles. The number of nitro benzene ring substituents is 1. The number of carbonyl (C=O) groups is 1. The lowest BCUT2D eigenvalue weighted by Crippen LogP contribution is -2.45. The van der Waals surface area contributed by atoms with Gasteiger partial charge in [-0.1, -0.05) is 6.07 Å².